The van der Waals surface area contributed by atoms with Crippen LogP contribution in [-0.4, -0.2) is 17.3 Å². The van der Waals surface area contributed by atoms with Gasteiger partial charge in [-0.05, 0) is 24.6 Å². The molecule has 1 heterocycles. The number of benzene rings is 2. The monoisotopic (exact) mass is 368 g/mol. The predicted octanol–water partition coefficient (Wildman–Crippen LogP) is 4.66. The lowest BCUT2D eigenvalue weighted by Crippen LogP contribution is -2.36. The molecule has 3 nitrogen and oxygen atoms in total. The third-order valence-corrected chi connectivity index (χ3v) is 7.73. The van der Waals surface area contributed by atoms with Gasteiger partial charge in [-0.25, -0.2) is 0 Å². The molecule has 0 saturated carbocycles. The van der Waals surface area contributed by atoms with E-state index >= 15 is 0 Å². The van der Waals surface area contributed by atoms with Crippen molar-refractivity contribution in [2.75, 3.05) is 11.8 Å². The van der Waals surface area contributed by atoms with Crippen molar-refractivity contribution in [1.82, 2.24) is 0 Å². The minimum absolute atomic E-state index is 0.0213. The maximum atomic E-state index is 13.6. The molecule has 23 heavy (non-hydrogen) atoms. The highest BCUT2D eigenvalue weighted by atomic mass is 35.5. The zero-order valence-electron chi connectivity index (χ0n) is 12.5. The molecule has 0 fully saturated rings. The second kappa shape index (κ2) is 5.98. The highest BCUT2D eigenvalue weighted by Crippen LogP contribution is 2.58. The van der Waals surface area contributed by atoms with E-state index in [0.29, 0.717) is 11.1 Å². The molecule has 1 unspecified atom stereocenters. The molecule has 0 bridgehead atoms. The molecular weight excluding hydrogens is 354 g/mol. The normalized spacial score (nSPS) is 19.4. The Kier molecular flexibility index (Phi) is 4.31. The van der Waals surface area contributed by atoms with Gasteiger partial charge in [-0.2, -0.15) is 0 Å². The number of fused-ring (bicyclic) bond motifs is 3. The number of hydrogen-bond donors (Lipinski definition) is 0. The van der Waals surface area contributed by atoms with Crippen LogP contribution in [0.2, 0.25) is 0 Å². The molecular formula is C17H15Cl2O3P. The van der Waals surface area contributed by atoms with Gasteiger partial charge in [0.2, 0.25) is 5.52 Å². The molecule has 0 amide bonds. The van der Waals surface area contributed by atoms with E-state index in [0.717, 1.165) is 11.1 Å². The number of carbonyl (C=O) groups is 1. The molecule has 0 aromatic heterocycles. The fraction of sp³-hybridized carbons (Fsp3) is 0.235. The van der Waals surface area contributed by atoms with Crippen molar-refractivity contribution in [2.24, 2.45) is 5.41 Å². The van der Waals surface area contributed by atoms with Gasteiger partial charge < -0.3 is 4.52 Å². The minimum Gasteiger partial charge on any atom is -0.434 e. The van der Waals surface area contributed by atoms with E-state index in [4.69, 9.17) is 27.7 Å². The molecule has 1 aliphatic rings. The first-order valence-corrected chi connectivity index (χ1v) is 9.81. The van der Waals surface area contributed by atoms with Crippen LogP contribution in [0.25, 0.3) is 11.1 Å². The summed E-state index contributed by atoms with van der Waals surface area (Å²) in [5, 5.41) is 0.408. The number of rotatable bonds is 4. The lowest BCUT2D eigenvalue weighted by atomic mass is 9.98. The second-order valence-electron chi connectivity index (χ2n) is 5.79. The molecule has 1 atom stereocenters. The van der Waals surface area contributed by atoms with Crippen molar-refractivity contribution < 1.29 is 13.9 Å². The topological polar surface area (TPSA) is 43.4 Å². The number of alkyl halides is 2. The van der Waals surface area contributed by atoms with Crippen LogP contribution in [0.4, 0.5) is 0 Å². The van der Waals surface area contributed by atoms with Gasteiger partial charge in [0, 0.05) is 17.3 Å². The highest BCUT2D eigenvalue weighted by Gasteiger charge is 2.50. The van der Waals surface area contributed by atoms with Crippen molar-refractivity contribution >= 4 is 41.4 Å². The number of hydrogen-bond acceptors (Lipinski definition) is 3. The quantitative estimate of drug-likeness (QED) is 0.582. The third-order valence-electron chi connectivity index (χ3n) is 4.00. The molecule has 0 N–H and O–H groups in total. The molecule has 0 aliphatic carbocycles. The van der Waals surface area contributed by atoms with E-state index in [9.17, 15) is 9.36 Å². The van der Waals surface area contributed by atoms with Crippen LogP contribution in [0.1, 0.15) is 6.92 Å². The molecule has 120 valence electrons. The van der Waals surface area contributed by atoms with Crippen molar-refractivity contribution in [1.29, 1.82) is 0 Å². The Bertz CT molecular complexity index is 815. The lowest BCUT2D eigenvalue weighted by molar-refractivity contribution is -0.118. The van der Waals surface area contributed by atoms with Gasteiger partial charge in [-0.15, -0.1) is 23.2 Å². The molecule has 2 aromatic carbocycles. The maximum Gasteiger partial charge on any atom is 0.342 e. The summed E-state index contributed by atoms with van der Waals surface area (Å²) in [4.78, 5) is 13.0. The van der Waals surface area contributed by atoms with Gasteiger partial charge in [0.1, 0.15) is 5.75 Å². The highest BCUT2D eigenvalue weighted by molar-refractivity contribution is 7.83. The fourth-order valence-electron chi connectivity index (χ4n) is 2.57. The summed E-state index contributed by atoms with van der Waals surface area (Å²) in [6.45, 7) is 1.61. The van der Waals surface area contributed by atoms with E-state index in [1.165, 1.54) is 0 Å². The van der Waals surface area contributed by atoms with E-state index in [1.54, 1.807) is 31.2 Å². The Balaban J connectivity index is 2.23. The Labute approximate surface area is 145 Å². The van der Waals surface area contributed by atoms with Crippen LogP contribution >= 0.6 is 30.6 Å². The van der Waals surface area contributed by atoms with Gasteiger partial charge in [0.25, 0.3) is 0 Å². The second-order valence-corrected chi connectivity index (χ2v) is 8.50. The average Bonchev–Trinajstić information content (AvgIpc) is 2.60. The van der Waals surface area contributed by atoms with Crippen molar-refractivity contribution in [3.05, 3.63) is 48.5 Å². The van der Waals surface area contributed by atoms with Crippen LogP contribution < -0.4 is 9.83 Å². The number of carbonyl (C=O) groups excluding carboxylic acids is 1. The first-order valence-electron chi connectivity index (χ1n) is 7.12. The summed E-state index contributed by atoms with van der Waals surface area (Å²) in [5.41, 5.74) is -0.0896. The fourth-order valence-corrected chi connectivity index (χ4v) is 5.79. The van der Waals surface area contributed by atoms with Gasteiger partial charge >= 0.3 is 7.37 Å². The number of halogens is 2. The van der Waals surface area contributed by atoms with E-state index in [1.807, 2.05) is 24.3 Å². The van der Waals surface area contributed by atoms with Gasteiger partial charge in [0.05, 0.1) is 10.7 Å². The minimum atomic E-state index is -3.79. The average molecular weight is 369 g/mol. The van der Waals surface area contributed by atoms with Crippen LogP contribution in [0.3, 0.4) is 0 Å². The standard InChI is InChI=1S/C17H15Cl2O3P/c1-17(10-18,11-19)16(20)23(21)15-9-5-3-7-13(15)12-6-2-4-8-14(12)22-23/h2-9H,10-11H2,1H3. The molecule has 0 saturated heterocycles. The van der Waals surface area contributed by atoms with Crippen molar-refractivity contribution in [2.45, 2.75) is 6.92 Å². The number of para-hydroxylation sites is 1. The summed E-state index contributed by atoms with van der Waals surface area (Å²) < 4.78 is 19.3. The van der Waals surface area contributed by atoms with Crippen LogP contribution in [-0.2, 0) is 9.36 Å². The van der Waals surface area contributed by atoms with Crippen LogP contribution in [0.15, 0.2) is 48.5 Å². The summed E-state index contributed by atoms with van der Waals surface area (Å²) in [6.07, 6.45) is 0. The van der Waals surface area contributed by atoms with E-state index in [-0.39, 0.29) is 11.8 Å². The Morgan fingerprint density at radius 2 is 1.61 bits per heavy atom. The Morgan fingerprint density at radius 1 is 1.04 bits per heavy atom. The van der Waals surface area contributed by atoms with Gasteiger partial charge in [-0.3, -0.25) is 9.36 Å². The summed E-state index contributed by atoms with van der Waals surface area (Å²) >= 11 is 11.9. The third kappa shape index (κ3) is 2.52. The first-order chi connectivity index (χ1) is 11.0. The zero-order chi connectivity index (χ0) is 16.7. The molecule has 0 spiro atoms. The smallest absolute Gasteiger partial charge is 0.342 e. The predicted molar refractivity (Wildman–Crippen MR) is 94.3 cm³/mol. The first kappa shape index (κ1) is 16.6. The lowest BCUT2D eigenvalue weighted by Gasteiger charge is -2.32. The molecule has 0 radical (unpaired) electrons. The van der Waals surface area contributed by atoms with E-state index in [2.05, 4.69) is 0 Å². The summed E-state index contributed by atoms with van der Waals surface area (Å²) in [7, 11) is -3.79. The largest absolute Gasteiger partial charge is 0.434 e. The van der Waals surface area contributed by atoms with Gasteiger partial charge in [0.15, 0.2) is 0 Å². The zero-order valence-corrected chi connectivity index (χ0v) is 14.9. The van der Waals surface area contributed by atoms with Gasteiger partial charge in [-0.1, -0.05) is 36.4 Å². The van der Waals surface area contributed by atoms with Crippen molar-refractivity contribution in [3.8, 4) is 16.9 Å². The molecule has 1 aliphatic heterocycles. The molecule has 3 rings (SSSR count). The Hall–Kier alpha value is -1.28. The Morgan fingerprint density at radius 3 is 2.26 bits per heavy atom. The SMILES string of the molecule is CC(CCl)(CCl)C(=O)P1(=O)Oc2ccccc2-c2ccccc21. The van der Waals surface area contributed by atoms with E-state index < -0.39 is 18.3 Å². The van der Waals surface area contributed by atoms with Crippen LogP contribution in [0, 0.1) is 5.41 Å². The molecule has 6 heteroatoms. The van der Waals surface area contributed by atoms with Crippen molar-refractivity contribution in [3.63, 3.8) is 0 Å². The van der Waals surface area contributed by atoms with Crippen LogP contribution in [0.5, 0.6) is 5.75 Å². The summed E-state index contributed by atoms with van der Waals surface area (Å²) in [6, 6.07) is 14.4. The molecule has 2 aromatic rings. The summed E-state index contributed by atoms with van der Waals surface area (Å²) in [5.74, 6) is 0.397. The maximum absolute atomic E-state index is 13.6.